The molecule has 4 rings (SSSR count). The van der Waals surface area contributed by atoms with Crippen LogP contribution in [0.3, 0.4) is 0 Å². The van der Waals surface area contributed by atoms with Gasteiger partial charge in [0.15, 0.2) is 0 Å². The van der Waals surface area contributed by atoms with Crippen molar-refractivity contribution in [3.8, 4) is 0 Å². The molecule has 1 aliphatic carbocycles. The van der Waals surface area contributed by atoms with Crippen LogP contribution in [-0.4, -0.2) is 30.2 Å². The second kappa shape index (κ2) is 7.09. The molecule has 3 atom stereocenters. The highest BCUT2D eigenvalue weighted by Gasteiger charge is 2.51. The van der Waals surface area contributed by atoms with Crippen LogP contribution >= 0.6 is 8.15 Å². The van der Waals surface area contributed by atoms with E-state index in [1.165, 1.54) is 7.11 Å². The number of hydroxylamine groups is 2. The molecule has 0 aromatic heterocycles. The number of hydrogen-bond acceptors (Lipinski definition) is 4. The summed E-state index contributed by atoms with van der Waals surface area (Å²) in [6.07, 6.45) is 5.17. The molecule has 2 bridgehead atoms. The summed E-state index contributed by atoms with van der Waals surface area (Å²) >= 11 is 0. The number of carbonyl (C=O) groups excluding carboxylic acids is 1. The van der Waals surface area contributed by atoms with Gasteiger partial charge in [-0.2, -0.15) is 0 Å². The molecule has 25 heavy (non-hydrogen) atoms. The standard InChI is InChI=1S/C20H20NO3P/c1-23-20(22)19-15-12-13-16(14-15)21(19)24-25(17-8-4-2-5-9-17)18-10-6-3-7-11-18/h2-13,15-16,19H,14H2,1H3/p+1. The molecule has 1 saturated heterocycles. The number of fused-ring (bicyclic) bond motifs is 2. The number of methoxy groups -OCH3 is 1. The van der Waals surface area contributed by atoms with Crippen molar-refractivity contribution >= 4 is 24.7 Å². The van der Waals surface area contributed by atoms with E-state index in [-0.39, 0.29) is 24.0 Å². The Hall–Kier alpha value is -2.00. The Balaban J connectivity index is 1.67. The summed E-state index contributed by atoms with van der Waals surface area (Å²) in [5.41, 5.74) is 0. The van der Waals surface area contributed by atoms with Gasteiger partial charge in [-0.1, -0.05) is 48.6 Å². The lowest BCUT2D eigenvalue weighted by atomic mass is 10.0. The lowest BCUT2D eigenvalue weighted by molar-refractivity contribution is -0.162. The summed E-state index contributed by atoms with van der Waals surface area (Å²) in [6.45, 7) is 0. The first-order valence-corrected chi connectivity index (χ1v) is 9.89. The number of hydrogen-bond donors (Lipinski definition) is 0. The monoisotopic (exact) mass is 354 g/mol. The largest absolute Gasteiger partial charge is 0.468 e. The van der Waals surface area contributed by atoms with E-state index < -0.39 is 8.15 Å². The van der Waals surface area contributed by atoms with Gasteiger partial charge in [0.25, 0.3) is 0 Å². The van der Waals surface area contributed by atoms with Crippen molar-refractivity contribution in [2.24, 2.45) is 5.92 Å². The van der Waals surface area contributed by atoms with E-state index in [2.05, 4.69) is 36.4 Å². The predicted octanol–water partition coefficient (Wildman–Crippen LogP) is 2.50. The van der Waals surface area contributed by atoms with Gasteiger partial charge in [0.1, 0.15) is 16.7 Å². The van der Waals surface area contributed by atoms with E-state index in [1.807, 2.05) is 41.5 Å². The molecule has 3 unspecified atom stereocenters. The Bertz CT molecular complexity index is 726. The van der Waals surface area contributed by atoms with Crippen LogP contribution in [0, 0.1) is 5.92 Å². The lowest BCUT2D eigenvalue weighted by Crippen LogP contribution is -2.44. The average molecular weight is 354 g/mol. The minimum atomic E-state index is -1.49. The molecule has 128 valence electrons. The van der Waals surface area contributed by atoms with Crippen LogP contribution in [0.25, 0.3) is 0 Å². The maximum absolute atomic E-state index is 12.3. The van der Waals surface area contributed by atoms with Crippen LogP contribution in [0.15, 0.2) is 72.8 Å². The van der Waals surface area contributed by atoms with Crippen LogP contribution in [0.2, 0.25) is 0 Å². The number of esters is 1. The van der Waals surface area contributed by atoms with Crippen LogP contribution in [-0.2, 0) is 14.2 Å². The average Bonchev–Trinajstić information content (AvgIpc) is 3.28. The number of nitrogens with zero attached hydrogens (tertiary/aromatic N) is 1. The molecular formula is C20H21NO3P+. The third-order valence-corrected chi connectivity index (χ3v) is 6.92. The molecule has 0 spiro atoms. The normalized spacial score (nSPS) is 24.8. The van der Waals surface area contributed by atoms with Gasteiger partial charge >= 0.3 is 5.97 Å². The quantitative estimate of drug-likeness (QED) is 0.470. The zero-order valence-corrected chi connectivity index (χ0v) is 15.0. The third-order valence-electron chi connectivity index (χ3n) is 4.81. The van der Waals surface area contributed by atoms with E-state index in [9.17, 15) is 4.79 Å². The first-order chi connectivity index (χ1) is 12.3. The number of carbonyl (C=O) groups is 1. The van der Waals surface area contributed by atoms with Crippen molar-refractivity contribution in [2.75, 3.05) is 7.11 Å². The van der Waals surface area contributed by atoms with Gasteiger partial charge in [-0.05, 0) is 30.7 Å². The van der Waals surface area contributed by atoms with Gasteiger partial charge in [-0.3, -0.25) is 4.79 Å². The SMILES string of the molecule is COC(=O)C1C2C=CC(C2)N1O[PH+](c1ccccc1)c1ccccc1. The molecular weight excluding hydrogens is 333 g/mol. The van der Waals surface area contributed by atoms with Gasteiger partial charge in [0.2, 0.25) is 8.15 Å². The Morgan fingerprint density at radius 1 is 1.00 bits per heavy atom. The Morgan fingerprint density at radius 2 is 1.60 bits per heavy atom. The molecule has 2 aliphatic rings. The van der Waals surface area contributed by atoms with E-state index in [0.717, 1.165) is 17.0 Å². The minimum Gasteiger partial charge on any atom is -0.468 e. The molecule has 1 aliphatic heterocycles. The van der Waals surface area contributed by atoms with Crippen LogP contribution in [0.4, 0.5) is 0 Å². The summed E-state index contributed by atoms with van der Waals surface area (Å²) in [5.74, 6) is -0.0495. The van der Waals surface area contributed by atoms with Crippen molar-refractivity contribution in [1.29, 1.82) is 0 Å². The summed E-state index contributed by atoms with van der Waals surface area (Å²) in [4.78, 5) is 12.3. The van der Waals surface area contributed by atoms with Crippen molar-refractivity contribution in [3.05, 3.63) is 72.8 Å². The van der Waals surface area contributed by atoms with E-state index in [0.29, 0.717) is 0 Å². The van der Waals surface area contributed by atoms with Crippen molar-refractivity contribution in [2.45, 2.75) is 18.5 Å². The fraction of sp³-hybridized carbons (Fsp3) is 0.250. The molecule has 5 heteroatoms. The number of rotatable bonds is 5. The highest BCUT2D eigenvalue weighted by atomic mass is 31.1. The molecule has 0 radical (unpaired) electrons. The molecule has 1 heterocycles. The highest BCUT2D eigenvalue weighted by molar-refractivity contribution is 7.68. The minimum absolute atomic E-state index is 0.140. The van der Waals surface area contributed by atoms with Crippen LogP contribution in [0.1, 0.15) is 6.42 Å². The summed E-state index contributed by atoms with van der Waals surface area (Å²) in [5, 5.41) is 4.20. The summed E-state index contributed by atoms with van der Waals surface area (Å²) in [6, 6.07) is 20.3. The highest BCUT2D eigenvalue weighted by Crippen LogP contribution is 2.45. The number of ether oxygens (including phenoxy) is 1. The first kappa shape index (κ1) is 16.5. The first-order valence-electron chi connectivity index (χ1n) is 8.48. The van der Waals surface area contributed by atoms with Crippen molar-refractivity contribution < 1.29 is 14.2 Å². The second-order valence-corrected chi connectivity index (χ2v) is 8.33. The zero-order valence-electron chi connectivity index (χ0n) is 14.0. The van der Waals surface area contributed by atoms with Crippen molar-refractivity contribution in [1.82, 2.24) is 5.06 Å². The zero-order chi connectivity index (χ0) is 17.2. The van der Waals surface area contributed by atoms with Crippen LogP contribution < -0.4 is 10.6 Å². The van der Waals surface area contributed by atoms with Gasteiger partial charge in [-0.15, -0.1) is 9.69 Å². The van der Waals surface area contributed by atoms with E-state index >= 15 is 0 Å². The smallest absolute Gasteiger partial charge is 0.326 e. The maximum Gasteiger partial charge on any atom is 0.326 e. The fourth-order valence-electron chi connectivity index (χ4n) is 3.61. The van der Waals surface area contributed by atoms with E-state index in [4.69, 9.17) is 9.36 Å². The lowest BCUT2D eigenvalue weighted by Gasteiger charge is -2.28. The number of benzene rings is 2. The summed E-state index contributed by atoms with van der Waals surface area (Å²) in [7, 11) is -0.0529. The Kier molecular flexibility index (Phi) is 4.67. The molecule has 1 fully saturated rings. The molecule has 2 aromatic rings. The molecule has 4 nitrogen and oxygen atoms in total. The van der Waals surface area contributed by atoms with Gasteiger partial charge in [0, 0.05) is 5.92 Å². The van der Waals surface area contributed by atoms with Gasteiger partial charge < -0.3 is 4.74 Å². The van der Waals surface area contributed by atoms with Gasteiger partial charge in [0.05, 0.1) is 13.2 Å². The summed E-state index contributed by atoms with van der Waals surface area (Å²) < 4.78 is 11.6. The topological polar surface area (TPSA) is 38.8 Å². The Labute approximate surface area is 148 Å². The van der Waals surface area contributed by atoms with Gasteiger partial charge in [-0.25, -0.2) is 0 Å². The third kappa shape index (κ3) is 3.13. The second-order valence-electron chi connectivity index (χ2n) is 6.33. The van der Waals surface area contributed by atoms with E-state index in [1.54, 1.807) is 0 Å². The molecule has 2 aromatic carbocycles. The molecule has 0 amide bonds. The Morgan fingerprint density at radius 3 is 2.16 bits per heavy atom. The van der Waals surface area contributed by atoms with Crippen LogP contribution in [0.5, 0.6) is 0 Å². The molecule has 0 N–H and O–H groups in total. The predicted molar refractivity (Wildman–Crippen MR) is 100 cm³/mol. The molecule has 0 saturated carbocycles. The maximum atomic E-state index is 12.3. The fourth-order valence-corrected chi connectivity index (χ4v) is 5.60. The van der Waals surface area contributed by atoms with Crippen molar-refractivity contribution in [3.63, 3.8) is 0 Å².